The van der Waals surface area contributed by atoms with Gasteiger partial charge in [0, 0.05) is 0 Å². The Morgan fingerprint density at radius 1 is 1.45 bits per heavy atom. The van der Waals surface area contributed by atoms with Crippen LogP contribution in [0.3, 0.4) is 0 Å². The van der Waals surface area contributed by atoms with Gasteiger partial charge in [0.05, 0.1) is 26.0 Å². The van der Waals surface area contributed by atoms with Crippen molar-refractivity contribution in [1.82, 2.24) is 0 Å². The molecular formula is C15H19NO6. The summed E-state index contributed by atoms with van der Waals surface area (Å²) in [6.45, 7) is 1.60. The molecule has 120 valence electrons. The van der Waals surface area contributed by atoms with E-state index in [0.717, 1.165) is 0 Å². The highest BCUT2D eigenvalue weighted by Gasteiger charge is 2.30. The van der Waals surface area contributed by atoms with Crippen molar-refractivity contribution < 1.29 is 28.9 Å². The lowest BCUT2D eigenvalue weighted by Gasteiger charge is -2.30. The highest BCUT2D eigenvalue weighted by molar-refractivity contribution is 6.02. The molecule has 1 aliphatic rings. The van der Waals surface area contributed by atoms with E-state index in [0.29, 0.717) is 35.8 Å². The van der Waals surface area contributed by atoms with Gasteiger partial charge in [-0.1, -0.05) is 6.92 Å². The molecule has 7 heteroatoms. The number of hydrogen-bond donors (Lipinski definition) is 1. The minimum Gasteiger partial charge on any atom is -0.493 e. The first-order valence-electron chi connectivity index (χ1n) is 7.01. The standard InChI is InChI=1S/C15H19NO6/c1-3-4-21-14(19)7-16-11-5-10(8-17)6-12(20-2)15(11)22-9-13(16)18/h5-6,17H,3-4,7-9H2,1-2H3. The Hall–Kier alpha value is -2.28. The van der Waals surface area contributed by atoms with Gasteiger partial charge in [-0.05, 0) is 24.1 Å². The number of amides is 1. The Labute approximate surface area is 128 Å². The molecule has 2 rings (SSSR count). The molecule has 0 bridgehead atoms. The number of nitrogens with zero attached hydrogens (tertiary/aromatic N) is 1. The number of methoxy groups -OCH3 is 1. The topological polar surface area (TPSA) is 85.3 Å². The maximum atomic E-state index is 12.1. The molecule has 0 unspecified atom stereocenters. The average Bonchev–Trinajstić information content (AvgIpc) is 2.54. The van der Waals surface area contributed by atoms with Crippen molar-refractivity contribution in [2.45, 2.75) is 20.0 Å². The Morgan fingerprint density at radius 3 is 2.86 bits per heavy atom. The van der Waals surface area contributed by atoms with E-state index in [4.69, 9.17) is 14.2 Å². The highest BCUT2D eigenvalue weighted by atomic mass is 16.5. The molecule has 1 N–H and O–H groups in total. The number of hydrogen-bond acceptors (Lipinski definition) is 6. The zero-order valence-corrected chi connectivity index (χ0v) is 12.6. The van der Waals surface area contributed by atoms with E-state index in [2.05, 4.69) is 0 Å². The number of benzene rings is 1. The van der Waals surface area contributed by atoms with Crippen LogP contribution < -0.4 is 14.4 Å². The van der Waals surface area contributed by atoms with Crippen molar-refractivity contribution in [3.05, 3.63) is 17.7 Å². The third kappa shape index (κ3) is 3.30. The predicted molar refractivity (Wildman–Crippen MR) is 78.0 cm³/mol. The molecule has 0 atom stereocenters. The van der Waals surface area contributed by atoms with Crippen molar-refractivity contribution >= 4 is 17.6 Å². The maximum Gasteiger partial charge on any atom is 0.326 e. The van der Waals surface area contributed by atoms with Gasteiger partial charge in [0.25, 0.3) is 5.91 Å². The quantitative estimate of drug-likeness (QED) is 0.785. The molecular weight excluding hydrogens is 290 g/mol. The second kappa shape index (κ2) is 7.13. The van der Waals surface area contributed by atoms with Gasteiger partial charge in [-0.2, -0.15) is 0 Å². The number of carbonyl (C=O) groups excluding carboxylic acids is 2. The minimum absolute atomic E-state index is 0.178. The summed E-state index contributed by atoms with van der Waals surface area (Å²) in [4.78, 5) is 25.1. The van der Waals surface area contributed by atoms with E-state index in [-0.39, 0.29) is 25.7 Å². The van der Waals surface area contributed by atoms with Gasteiger partial charge in [-0.15, -0.1) is 0 Å². The summed E-state index contributed by atoms with van der Waals surface area (Å²) >= 11 is 0. The number of rotatable bonds is 6. The van der Waals surface area contributed by atoms with E-state index in [9.17, 15) is 14.7 Å². The Bertz CT molecular complexity index is 571. The van der Waals surface area contributed by atoms with Gasteiger partial charge in [-0.25, -0.2) is 0 Å². The maximum absolute atomic E-state index is 12.1. The van der Waals surface area contributed by atoms with Crippen LogP contribution in [0.2, 0.25) is 0 Å². The van der Waals surface area contributed by atoms with Gasteiger partial charge in [0.15, 0.2) is 18.1 Å². The summed E-state index contributed by atoms with van der Waals surface area (Å²) in [5, 5.41) is 9.32. The van der Waals surface area contributed by atoms with E-state index in [1.165, 1.54) is 12.0 Å². The molecule has 1 heterocycles. The summed E-state index contributed by atoms with van der Waals surface area (Å²) in [5.41, 5.74) is 0.953. The number of ether oxygens (including phenoxy) is 3. The van der Waals surface area contributed by atoms with E-state index < -0.39 is 5.97 Å². The van der Waals surface area contributed by atoms with Crippen LogP contribution in [0.25, 0.3) is 0 Å². The largest absolute Gasteiger partial charge is 0.493 e. The smallest absolute Gasteiger partial charge is 0.326 e. The van der Waals surface area contributed by atoms with Crippen LogP contribution >= 0.6 is 0 Å². The molecule has 0 saturated carbocycles. The fourth-order valence-corrected chi connectivity index (χ4v) is 2.14. The summed E-state index contributed by atoms with van der Waals surface area (Å²) in [7, 11) is 1.47. The zero-order chi connectivity index (χ0) is 16.1. The van der Waals surface area contributed by atoms with E-state index in [1.807, 2.05) is 6.92 Å². The van der Waals surface area contributed by atoms with E-state index in [1.54, 1.807) is 12.1 Å². The average molecular weight is 309 g/mol. The first kappa shape index (κ1) is 16.1. The van der Waals surface area contributed by atoms with E-state index >= 15 is 0 Å². The summed E-state index contributed by atoms with van der Waals surface area (Å²) in [5.74, 6) is -0.0573. The van der Waals surface area contributed by atoms with Crippen LogP contribution in [0.5, 0.6) is 11.5 Å². The molecule has 0 fully saturated rings. The number of anilines is 1. The van der Waals surface area contributed by atoms with Gasteiger partial charge in [-0.3, -0.25) is 14.5 Å². The molecule has 1 aliphatic heterocycles. The molecule has 0 radical (unpaired) electrons. The fourth-order valence-electron chi connectivity index (χ4n) is 2.14. The lowest BCUT2D eigenvalue weighted by molar-refractivity contribution is -0.143. The molecule has 1 aromatic rings. The van der Waals surface area contributed by atoms with Crippen LogP contribution in [0.4, 0.5) is 5.69 Å². The number of esters is 1. The van der Waals surface area contributed by atoms with Crippen molar-refractivity contribution in [2.75, 3.05) is 31.8 Å². The summed E-state index contributed by atoms with van der Waals surface area (Å²) in [6.07, 6.45) is 0.710. The third-order valence-electron chi connectivity index (χ3n) is 3.18. The van der Waals surface area contributed by atoms with Crippen LogP contribution in [-0.4, -0.2) is 43.9 Å². The Balaban J connectivity index is 2.33. The van der Waals surface area contributed by atoms with Crippen molar-refractivity contribution in [3.8, 4) is 11.5 Å². The third-order valence-corrected chi connectivity index (χ3v) is 3.18. The number of fused-ring (bicyclic) bond motifs is 1. The first-order chi connectivity index (χ1) is 10.6. The summed E-state index contributed by atoms with van der Waals surface area (Å²) in [6, 6.07) is 3.23. The number of aliphatic hydroxyl groups is 1. The lowest BCUT2D eigenvalue weighted by Crippen LogP contribution is -2.42. The van der Waals surface area contributed by atoms with Crippen LogP contribution in [0.15, 0.2) is 12.1 Å². The number of aliphatic hydroxyl groups excluding tert-OH is 1. The molecule has 0 aromatic heterocycles. The highest BCUT2D eigenvalue weighted by Crippen LogP contribution is 2.41. The monoisotopic (exact) mass is 309 g/mol. The molecule has 7 nitrogen and oxygen atoms in total. The summed E-state index contributed by atoms with van der Waals surface area (Å²) < 4.78 is 15.6. The minimum atomic E-state index is -0.489. The normalized spacial score (nSPS) is 13.4. The predicted octanol–water partition coefficient (Wildman–Crippen LogP) is 0.866. The van der Waals surface area contributed by atoms with Gasteiger partial charge in [0.2, 0.25) is 0 Å². The molecule has 1 amide bonds. The SMILES string of the molecule is CCCOC(=O)CN1C(=O)COc2c(OC)cc(CO)cc21. The van der Waals surface area contributed by atoms with Crippen LogP contribution in [0, 0.1) is 0 Å². The van der Waals surface area contributed by atoms with Crippen LogP contribution in [0.1, 0.15) is 18.9 Å². The second-order valence-corrected chi connectivity index (χ2v) is 4.79. The molecule has 0 spiro atoms. The zero-order valence-electron chi connectivity index (χ0n) is 12.6. The first-order valence-corrected chi connectivity index (χ1v) is 7.01. The number of carbonyl (C=O) groups is 2. The second-order valence-electron chi connectivity index (χ2n) is 4.79. The van der Waals surface area contributed by atoms with Crippen molar-refractivity contribution in [1.29, 1.82) is 0 Å². The lowest BCUT2D eigenvalue weighted by atomic mass is 10.1. The fraction of sp³-hybridized carbons (Fsp3) is 0.467. The van der Waals surface area contributed by atoms with Gasteiger partial charge >= 0.3 is 5.97 Å². The molecule has 0 saturated heterocycles. The van der Waals surface area contributed by atoms with Crippen LogP contribution in [-0.2, 0) is 20.9 Å². The van der Waals surface area contributed by atoms with Gasteiger partial charge < -0.3 is 19.3 Å². The Kier molecular flexibility index (Phi) is 5.21. The molecule has 1 aromatic carbocycles. The molecule has 0 aliphatic carbocycles. The van der Waals surface area contributed by atoms with Crippen molar-refractivity contribution in [2.24, 2.45) is 0 Å². The van der Waals surface area contributed by atoms with Crippen molar-refractivity contribution in [3.63, 3.8) is 0 Å². The Morgan fingerprint density at radius 2 is 2.23 bits per heavy atom. The molecule has 22 heavy (non-hydrogen) atoms. The van der Waals surface area contributed by atoms with Gasteiger partial charge in [0.1, 0.15) is 6.54 Å².